The summed E-state index contributed by atoms with van der Waals surface area (Å²) < 4.78 is 62.3. The Morgan fingerprint density at radius 2 is 1.83 bits per heavy atom. The largest absolute Gasteiger partial charge is 0.534 e. The Kier molecular flexibility index (Phi) is 2.85. The molecule has 0 bridgehead atoms. The number of fused-ring (bicyclic) bond motifs is 1. The highest BCUT2D eigenvalue weighted by atomic mass is 32.2. The number of rotatable bonds is 2. The number of aromatic nitrogens is 2. The Balaban J connectivity index is 2.51. The third kappa shape index (κ3) is 2.21. The fraction of sp³-hybridized carbons (Fsp3) is 0.111. The summed E-state index contributed by atoms with van der Waals surface area (Å²) in [7, 11) is -5.71. The van der Waals surface area contributed by atoms with Crippen LogP contribution in [0.15, 0.2) is 30.5 Å². The molecular formula is C9H5F3N2O3S. The van der Waals surface area contributed by atoms with Crippen molar-refractivity contribution in [3.8, 4) is 5.75 Å². The molecule has 18 heavy (non-hydrogen) atoms. The quantitative estimate of drug-likeness (QED) is 0.619. The number of hydrogen-bond acceptors (Lipinski definition) is 5. The molecule has 0 spiro atoms. The van der Waals surface area contributed by atoms with Crippen molar-refractivity contribution >= 4 is 21.0 Å². The van der Waals surface area contributed by atoms with Gasteiger partial charge in [0.15, 0.2) is 5.75 Å². The van der Waals surface area contributed by atoms with E-state index < -0.39 is 21.4 Å². The zero-order chi connectivity index (χ0) is 13.4. The number of halogens is 3. The molecule has 0 fully saturated rings. The lowest BCUT2D eigenvalue weighted by molar-refractivity contribution is -0.0499. The Morgan fingerprint density at radius 3 is 2.50 bits per heavy atom. The van der Waals surface area contributed by atoms with E-state index in [1.807, 2.05) is 0 Å². The molecule has 96 valence electrons. The SMILES string of the molecule is O=S(=O)(Oc1cnnc2ccccc12)C(F)(F)F. The van der Waals surface area contributed by atoms with Crippen LogP contribution < -0.4 is 4.18 Å². The number of nitrogens with zero attached hydrogens (tertiary/aromatic N) is 2. The van der Waals surface area contributed by atoms with Gasteiger partial charge in [0.2, 0.25) is 0 Å². The average molecular weight is 278 g/mol. The molecule has 0 saturated heterocycles. The maximum Gasteiger partial charge on any atom is 0.534 e. The maximum absolute atomic E-state index is 12.2. The first-order valence-corrected chi connectivity index (χ1v) is 5.93. The summed E-state index contributed by atoms with van der Waals surface area (Å²) in [6, 6.07) is 5.94. The molecule has 0 amide bonds. The Bertz CT molecular complexity index is 680. The van der Waals surface area contributed by atoms with Crippen molar-refractivity contribution in [2.75, 3.05) is 0 Å². The second kappa shape index (κ2) is 4.09. The van der Waals surface area contributed by atoms with E-state index >= 15 is 0 Å². The summed E-state index contributed by atoms with van der Waals surface area (Å²) in [5, 5.41) is 7.13. The Labute approximate surface area is 99.3 Å². The molecule has 1 aromatic heterocycles. The maximum atomic E-state index is 12.2. The van der Waals surface area contributed by atoms with Crippen molar-refractivity contribution < 1.29 is 25.8 Å². The van der Waals surface area contributed by atoms with Gasteiger partial charge in [-0.25, -0.2) is 0 Å². The van der Waals surface area contributed by atoms with Crippen LogP contribution >= 0.6 is 0 Å². The summed E-state index contributed by atoms with van der Waals surface area (Å²) >= 11 is 0. The first-order chi connectivity index (χ1) is 8.31. The molecule has 0 aliphatic carbocycles. The van der Waals surface area contributed by atoms with Gasteiger partial charge < -0.3 is 4.18 Å². The molecule has 1 heterocycles. The normalized spacial score (nSPS) is 12.6. The molecular weight excluding hydrogens is 273 g/mol. The monoisotopic (exact) mass is 278 g/mol. The van der Waals surface area contributed by atoms with Gasteiger partial charge in [-0.15, -0.1) is 0 Å². The second-order valence-electron chi connectivity index (χ2n) is 3.21. The van der Waals surface area contributed by atoms with E-state index in [4.69, 9.17) is 0 Å². The summed E-state index contributed by atoms with van der Waals surface area (Å²) in [6.45, 7) is 0. The topological polar surface area (TPSA) is 69.2 Å². The standard InChI is InChI=1S/C9H5F3N2O3S/c10-9(11,12)18(15,16)17-8-5-13-14-7-4-2-1-3-6(7)8/h1-5H. The fourth-order valence-corrected chi connectivity index (χ4v) is 1.68. The molecule has 1 aromatic carbocycles. The van der Waals surface area contributed by atoms with Gasteiger partial charge in [-0.05, 0) is 12.1 Å². The summed E-state index contributed by atoms with van der Waals surface area (Å²) in [5.41, 5.74) is -5.26. The predicted molar refractivity (Wildman–Crippen MR) is 55.1 cm³/mol. The first-order valence-electron chi connectivity index (χ1n) is 4.52. The van der Waals surface area contributed by atoms with Crippen LogP contribution in [0, 0.1) is 0 Å². The van der Waals surface area contributed by atoms with Gasteiger partial charge >= 0.3 is 15.6 Å². The van der Waals surface area contributed by atoms with E-state index in [2.05, 4.69) is 14.4 Å². The zero-order valence-corrected chi connectivity index (χ0v) is 9.36. The van der Waals surface area contributed by atoms with E-state index in [1.54, 1.807) is 6.07 Å². The average Bonchev–Trinajstić information content (AvgIpc) is 2.27. The minimum atomic E-state index is -5.71. The van der Waals surface area contributed by atoms with E-state index in [0.717, 1.165) is 6.20 Å². The lowest BCUT2D eigenvalue weighted by Crippen LogP contribution is -2.28. The number of benzene rings is 1. The van der Waals surface area contributed by atoms with Crippen molar-refractivity contribution in [3.63, 3.8) is 0 Å². The summed E-state index contributed by atoms with van der Waals surface area (Å²) in [6.07, 6.45) is 0.811. The van der Waals surface area contributed by atoms with Crippen LogP contribution in [0.4, 0.5) is 13.2 Å². The van der Waals surface area contributed by atoms with Gasteiger partial charge in [-0.1, -0.05) is 12.1 Å². The fourth-order valence-electron chi connectivity index (χ4n) is 1.21. The van der Waals surface area contributed by atoms with Crippen LogP contribution in [0.5, 0.6) is 5.75 Å². The smallest absolute Gasteiger partial charge is 0.374 e. The number of hydrogen-bond donors (Lipinski definition) is 0. The molecule has 0 radical (unpaired) electrons. The van der Waals surface area contributed by atoms with Crippen LogP contribution in [0.2, 0.25) is 0 Å². The Morgan fingerprint density at radius 1 is 1.17 bits per heavy atom. The van der Waals surface area contributed by atoms with Gasteiger partial charge in [-0.3, -0.25) is 0 Å². The van der Waals surface area contributed by atoms with Crippen LogP contribution in [-0.2, 0) is 10.1 Å². The third-order valence-corrected chi connectivity index (χ3v) is 2.96. The molecule has 0 saturated carbocycles. The highest BCUT2D eigenvalue weighted by Crippen LogP contribution is 2.30. The molecule has 2 aromatic rings. The van der Waals surface area contributed by atoms with Crippen LogP contribution in [-0.4, -0.2) is 24.1 Å². The van der Waals surface area contributed by atoms with Gasteiger partial charge in [0.05, 0.1) is 11.7 Å². The molecule has 2 rings (SSSR count). The van der Waals surface area contributed by atoms with Gasteiger partial charge in [-0.2, -0.15) is 31.8 Å². The minimum Gasteiger partial charge on any atom is -0.374 e. The molecule has 0 aliphatic heterocycles. The lowest BCUT2D eigenvalue weighted by atomic mass is 10.2. The zero-order valence-electron chi connectivity index (χ0n) is 8.55. The molecule has 5 nitrogen and oxygen atoms in total. The van der Waals surface area contributed by atoms with E-state index in [9.17, 15) is 21.6 Å². The van der Waals surface area contributed by atoms with Crippen LogP contribution in [0.25, 0.3) is 10.9 Å². The van der Waals surface area contributed by atoms with Crippen LogP contribution in [0.3, 0.4) is 0 Å². The predicted octanol–water partition coefficient (Wildman–Crippen LogP) is 1.86. The summed E-state index contributed by atoms with van der Waals surface area (Å²) in [4.78, 5) is 0. The highest BCUT2D eigenvalue weighted by molar-refractivity contribution is 7.88. The summed E-state index contributed by atoms with van der Waals surface area (Å²) in [5.74, 6) is -0.516. The van der Waals surface area contributed by atoms with Gasteiger partial charge in [0.1, 0.15) is 0 Å². The van der Waals surface area contributed by atoms with Crippen molar-refractivity contribution in [1.29, 1.82) is 0 Å². The minimum absolute atomic E-state index is 0.125. The van der Waals surface area contributed by atoms with Crippen molar-refractivity contribution in [1.82, 2.24) is 10.2 Å². The van der Waals surface area contributed by atoms with E-state index in [-0.39, 0.29) is 10.9 Å². The first kappa shape index (κ1) is 12.6. The van der Waals surface area contributed by atoms with Gasteiger partial charge in [0.25, 0.3) is 0 Å². The molecule has 0 atom stereocenters. The van der Waals surface area contributed by atoms with Crippen molar-refractivity contribution in [2.24, 2.45) is 0 Å². The van der Waals surface area contributed by atoms with Crippen molar-refractivity contribution in [2.45, 2.75) is 5.51 Å². The molecule has 0 aliphatic rings. The van der Waals surface area contributed by atoms with E-state index in [1.165, 1.54) is 18.2 Å². The third-order valence-electron chi connectivity index (χ3n) is 1.99. The Hall–Kier alpha value is -1.90. The van der Waals surface area contributed by atoms with Crippen molar-refractivity contribution in [3.05, 3.63) is 30.5 Å². The lowest BCUT2D eigenvalue weighted by Gasteiger charge is -2.10. The second-order valence-corrected chi connectivity index (χ2v) is 4.75. The van der Waals surface area contributed by atoms with Gasteiger partial charge in [0, 0.05) is 5.39 Å². The van der Waals surface area contributed by atoms with Crippen LogP contribution in [0.1, 0.15) is 0 Å². The molecule has 9 heteroatoms. The molecule has 0 unspecified atom stereocenters. The van der Waals surface area contributed by atoms with E-state index in [0.29, 0.717) is 0 Å². The highest BCUT2D eigenvalue weighted by Gasteiger charge is 2.48. The number of alkyl halides is 3. The molecule has 0 N–H and O–H groups in total.